The maximum atomic E-state index is 6.41. The molecule has 1 aromatic heterocycles. The van der Waals surface area contributed by atoms with E-state index < -0.39 is 0 Å². The van der Waals surface area contributed by atoms with Crippen LogP contribution in [0.3, 0.4) is 0 Å². The van der Waals surface area contributed by atoms with Crippen molar-refractivity contribution in [2.45, 2.75) is 6.04 Å². The summed E-state index contributed by atoms with van der Waals surface area (Å²) in [7, 11) is 1.92. The van der Waals surface area contributed by atoms with Gasteiger partial charge in [0, 0.05) is 11.1 Å². The van der Waals surface area contributed by atoms with Crippen molar-refractivity contribution < 1.29 is 9.47 Å². The molecule has 6 heteroatoms. The molecule has 1 aliphatic rings. The van der Waals surface area contributed by atoms with Crippen molar-refractivity contribution in [1.82, 2.24) is 5.32 Å². The molecule has 0 bridgehead atoms. The maximum absolute atomic E-state index is 6.41. The smallest absolute Gasteiger partial charge is 0.162 e. The number of ether oxygens (including phenoxy) is 2. The lowest BCUT2D eigenvalue weighted by molar-refractivity contribution is 0.171. The highest BCUT2D eigenvalue weighted by atomic mass is 79.9. The van der Waals surface area contributed by atoms with Gasteiger partial charge >= 0.3 is 0 Å². The number of thiophene rings is 1. The molecule has 106 valence electrons. The summed E-state index contributed by atoms with van der Waals surface area (Å²) in [6.45, 7) is 1.14. The minimum Gasteiger partial charge on any atom is -0.486 e. The van der Waals surface area contributed by atoms with Crippen molar-refractivity contribution in [3.8, 4) is 11.5 Å². The Balaban J connectivity index is 2.03. The van der Waals surface area contributed by atoms with Crippen molar-refractivity contribution in [1.29, 1.82) is 0 Å². The Morgan fingerprint density at radius 2 is 1.95 bits per heavy atom. The van der Waals surface area contributed by atoms with E-state index in [1.165, 1.54) is 5.56 Å². The van der Waals surface area contributed by atoms with Crippen LogP contribution < -0.4 is 14.8 Å². The average molecular weight is 375 g/mol. The predicted octanol–water partition coefficient (Wildman–Crippen LogP) is 4.24. The zero-order valence-electron chi connectivity index (χ0n) is 10.8. The third-order valence-electron chi connectivity index (χ3n) is 3.18. The van der Waals surface area contributed by atoms with Gasteiger partial charge in [-0.1, -0.05) is 11.6 Å². The van der Waals surface area contributed by atoms with E-state index in [0.717, 1.165) is 15.1 Å². The predicted molar refractivity (Wildman–Crippen MR) is 85.4 cm³/mol. The normalized spacial score (nSPS) is 15.2. The van der Waals surface area contributed by atoms with Crippen LogP contribution in [0.2, 0.25) is 5.02 Å². The van der Waals surface area contributed by atoms with E-state index in [1.54, 1.807) is 11.3 Å². The molecular weight excluding hydrogens is 362 g/mol. The molecule has 2 aromatic rings. The van der Waals surface area contributed by atoms with E-state index in [9.17, 15) is 0 Å². The van der Waals surface area contributed by atoms with Gasteiger partial charge in [-0.05, 0) is 51.6 Å². The number of hydrogen-bond donors (Lipinski definition) is 1. The molecule has 20 heavy (non-hydrogen) atoms. The zero-order chi connectivity index (χ0) is 14.1. The first-order chi connectivity index (χ1) is 9.69. The molecule has 3 nitrogen and oxygen atoms in total. The third kappa shape index (κ3) is 2.68. The first-order valence-electron chi connectivity index (χ1n) is 6.19. The van der Waals surface area contributed by atoms with Gasteiger partial charge in [-0.3, -0.25) is 0 Å². The molecule has 1 aliphatic heterocycles. The molecule has 0 fully saturated rings. The summed E-state index contributed by atoms with van der Waals surface area (Å²) < 4.78 is 12.3. The van der Waals surface area contributed by atoms with Gasteiger partial charge in [-0.15, -0.1) is 11.3 Å². The summed E-state index contributed by atoms with van der Waals surface area (Å²) in [6.07, 6.45) is 0. The summed E-state index contributed by atoms with van der Waals surface area (Å²) in [5.74, 6) is 1.47. The van der Waals surface area contributed by atoms with Crippen LogP contribution in [0.1, 0.15) is 17.2 Å². The maximum Gasteiger partial charge on any atom is 0.162 e. The van der Waals surface area contributed by atoms with Crippen LogP contribution in [0, 0.1) is 0 Å². The summed E-state index contributed by atoms with van der Waals surface area (Å²) in [4.78, 5) is 0. The minimum atomic E-state index is 0.0286. The molecule has 2 heterocycles. The number of rotatable bonds is 3. The fourth-order valence-corrected chi connectivity index (χ4v) is 3.74. The number of halogens is 2. The molecule has 3 rings (SSSR count). The molecule has 0 spiro atoms. The molecule has 1 N–H and O–H groups in total. The molecule has 1 aromatic carbocycles. The fraction of sp³-hybridized carbons (Fsp3) is 0.286. The SMILES string of the molecule is CNC(c1csc(Br)c1)c1cc2c(cc1Cl)OCCO2. The quantitative estimate of drug-likeness (QED) is 0.871. The Morgan fingerprint density at radius 3 is 2.55 bits per heavy atom. The highest BCUT2D eigenvalue weighted by Gasteiger charge is 2.21. The van der Waals surface area contributed by atoms with Crippen LogP contribution in [-0.2, 0) is 0 Å². The van der Waals surface area contributed by atoms with Crippen LogP contribution >= 0.6 is 38.9 Å². The molecular formula is C14H13BrClNO2S. The van der Waals surface area contributed by atoms with Gasteiger partial charge in [0.25, 0.3) is 0 Å². The standard InChI is InChI=1S/C14H13BrClNO2S/c1-17-14(8-4-13(15)20-7-8)9-5-11-12(6-10(9)16)19-3-2-18-11/h4-7,14,17H,2-3H2,1H3. The average Bonchev–Trinajstić information content (AvgIpc) is 2.86. The summed E-state index contributed by atoms with van der Waals surface area (Å²) >= 11 is 11.6. The number of benzene rings is 1. The third-order valence-corrected chi connectivity index (χ3v) is 5.03. The van der Waals surface area contributed by atoms with Crippen molar-refractivity contribution in [2.24, 2.45) is 0 Å². The van der Waals surface area contributed by atoms with Crippen LogP contribution in [0.25, 0.3) is 0 Å². The topological polar surface area (TPSA) is 30.5 Å². The second-order valence-corrected chi connectivity index (χ2v) is 7.12. The second kappa shape index (κ2) is 5.93. The highest BCUT2D eigenvalue weighted by Crippen LogP contribution is 2.40. The van der Waals surface area contributed by atoms with Gasteiger partial charge in [0.05, 0.1) is 9.83 Å². The van der Waals surface area contributed by atoms with E-state index in [2.05, 4.69) is 32.7 Å². The molecule has 0 aliphatic carbocycles. The van der Waals surface area contributed by atoms with Gasteiger partial charge in [0.15, 0.2) is 11.5 Å². The lowest BCUT2D eigenvalue weighted by Crippen LogP contribution is -2.19. The van der Waals surface area contributed by atoms with Crippen molar-refractivity contribution in [3.05, 3.63) is 43.5 Å². The van der Waals surface area contributed by atoms with Crippen LogP contribution in [0.5, 0.6) is 11.5 Å². The van der Waals surface area contributed by atoms with E-state index >= 15 is 0 Å². The number of nitrogens with one attached hydrogen (secondary N) is 1. The largest absolute Gasteiger partial charge is 0.486 e. The molecule has 1 unspecified atom stereocenters. The number of hydrogen-bond acceptors (Lipinski definition) is 4. The molecule has 0 saturated heterocycles. The van der Waals surface area contributed by atoms with Crippen LogP contribution in [-0.4, -0.2) is 20.3 Å². The first kappa shape index (κ1) is 14.2. The Morgan fingerprint density at radius 1 is 1.25 bits per heavy atom. The molecule has 1 atom stereocenters. The van der Waals surface area contributed by atoms with E-state index in [4.69, 9.17) is 21.1 Å². The van der Waals surface area contributed by atoms with E-state index in [1.807, 2.05) is 19.2 Å². The highest BCUT2D eigenvalue weighted by molar-refractivity contribution is 9.11. The molecule has 0 radical (unpaired) electrons. The lowest BCUT2D eigenvalue weighted by atomic mass is 10.0. The summed E-state index contributed by atoms with van der Waals surface area (Å²) in [5, 5.41) is 6.09. The summed E-state index contributed by atoms with van der Waals surface area (Å²) in [6, 6.07) is 5.92. The molecule has 0 saturated carbocycles. The minimum absolute atomic E-state index is 0.0286. The van der Waals surface area contributed by atoms with Crippen molar-refractivity contribution >= 4 is 38.9 Å². The van der Waals surface area contributed by atoms with Gasteiger partial charge < -0.3 is 14.8 Å². The monoisotopic (exact) mass is 373 g/mol. The Bertz CT molecular complexity index is 632. The van der Waals surface area contributed by atoms with E-state index in [-0.39, 0.29) is 6.04 Å². The first-order valence-corrected chi connectivity index (χ1v) is 8.24. The van der Waals surface area contributed by atoms with E-state index in [0.29, 0.717) is 24.0 Å². The van der Waals surface area contributed by atoms with Crippen molar-refractivity contribution in [2.75, 3.05) is 20.3 Å². The number of fused-ring (bicyclic) bond motifs is 1. The molecule has 0 amide bonds. The lowest BCUT2D eigenvalue weighted by Gasteiger charge is -2.23. The van der Waals surface area contributed by atoms with Gasteiger partial charge in [-0.2, -0.15) is 0 Å². The Kier molecular flexibility index (Phi) is 4.21. The van der Waals surface area contributed by atoms with Gasteiger partial charge in [0.1, 0.15) is 13.2 Å². The summed E-state index contributed by atoms with van der Waals surface area (Å²) in [5.41, 5.74) is 2.16. The zero-order valence-corrected chi connectivity index (χ0v) is 13.9. The van der Waals surface area contributed by atoms with Crippen LogP contribution in [0.4, 0.5) is 0 Å². The second-order valence-electron chi connectivity index (χ2n) is 4.42. The fourth-order valence-electron chi connectivity index (χ4n) is 2.28. The Labute approximate surface area is 135 Å². The Hall–Kier alpha value is -0.750. The van der Waals surface area contributed by atoms with Crippen molar-refractivity contribution in [3.63, 3.8) is 0 Å². The van der Waals surface area contributed by atoms with Gasteiger partial charge in [0.2, 0.25) is 0 Å². The van der Waals surface area contributed by atoms with Gasteiger partial charge in [-0.25, -0.2) is 0 Å². The van der Waals surface area contributed by atoms with Crippen LogP contribution in [0.15, 0.2) is 27.4 Å².